The number of benzene rings is 2. The van der Waals surface area contributed by atoms with Crippen molar-refractivity contribution in [3.8, 4) is 11.5 Å². The molecule has 0 spiro atoms. The third-order valence-electron chi connectivity index (χ3n) is 3.63. The first kappa shape index (κ1) is 15.7. The maximum absolute atomic E-state index is 12.3. The van der Waals surface area contributed by atoms with Crippen LogP contribution in [0.4, 0.5) is 0 Å². The number of methoxy groups -OCH3 is 1. The Hall–Kier alpha value is -2.21. The van der Waals surface area contributed by atoms with Crippen LogP contribution in [-0.4, -0.2) is 23.3 Å². The van der Waals surface area contributed by atoms with Gasteiger partial charge >= 0.3 is 5.69 Å². The second-order valence-electron chi connectivity index (χ2n) is 5.07. The van der Waals surface area contributed by atoms with Crippen molar-refractivity contribution in [3.05, 3.63) is 56.9 Å². The van der Waals surface area contributed by atoms with Crippen molar-refractivity contribution in [3.63, 3.8) is 0 Å². The van der Waals surface area contributed by atoms with Crippen LogP contribution in [-0.2, 0) is 6.54 Å². The number of nitrogens with zero attached hydrogens (tertiary/aromatic N) is 1. The number of rotatable bonds is 5. The number of hydrogen-bond acceptors (Lipinski definition) is 3. The molecule has 23 heavy (non-hydrogen) atoms. The summed E-state index contributed by atoms with van der Waals surface area (Å²) in [5.41, 5.74) is 2.49. The highest BCUT2D eigenvalue weighted by Gasteiger charge is 2.11. The minimum absolute atomic E-state index is 0.138. The van der Waals surface area contributed by atoms with Gasteiger partial charge in [0.2, 0.25) is 0 Å². The van der Waals surface area contributed by atoms with Crippen molar-refractivity contribution in [2.75, 3.05) is 13.7 Å². The van der Waals surface area contributed by atoms with E-state index in [0.717, 1.165) is 21.1 Å². The van der Waals surface area contributed by atoms with E-state index >= 15 is 0 Å². The Morgan fingerprint density at radius 3 is 2.78 bits per heavy atom. The zero-order chi connectivity index (χ0) is 16.4. The molecule has 0 bridgehead atoms. The molecule has 1 N–H and O–H groups in total. The summed E-state index contributed by atoms with van der Waals surface area (Å²) in [6, 6.07) is 11.4. The summed E-state index contributed by atoms with van der Waals surface area (Å²) in [6.07, 6.45) is 0. The Morgan fingerprint density at radius 2 is 2.04 bits per heavy atom. The Morgan fingerprint density at radius 1 is 1.22 bits per heavy atom. The van der Waals surface area contributed by atoms with Crippen molar-refractivity contribution in [2.24, 2.45) is 0 Å². The van der Waals surface area contributed by atoms with Gasteiger partial charge in [-0.1, -0.05) is 12.1 Å². The zero-order valence-corrected chi connectivity index (χ0v) is 14.5. The lowest BCUT2D eigenvalue weighted by Gasteiger charge is -2.11. The highest BCUT2D eigenvalue weighted by Crippen LogP contribution is 2.29. The summed E-state index contributed by atoms with van der Waals surface area (Å²) in [5.74, 6) is 1.37. The average molecular weight is 377 g/mol. The quantitative estimate of drug-likeness (QED) is 0.740. The molecular formula is C17H17BrN2O3. The van der Waals surface area contributed by atoms with Crippen molar-refractivity contribution in [2.45, 2.75) is 13.5 Å². The normalized spacial score (nSPS) is 10.9. The largest absolute Gasteiger partial charge is 0.493 e. The van der Waals surface area contributed by atoms with Crippen LogP contribution in [0, 0.1) is 0 Å². The standard InChI is InChI=1S/C17H17BrN2O3/c1-3-23-15-9-11(7-8-14(15)22-2)10-20-13-6-4-5-12(18)16(13)19-17(20)21/h4-9H,3,10H2,1-2H3,(H,19,21). The first-order valence-corrected chi connectivity index (χ1v) is 8.10. The number of H-pyrrole nitrogens is 1. The summed E-state index contributed by atoms with van der Waals surface area (Å²) in [4.78, 5) is 15.1. The third-order valence-corrected chi connectivity index (χ3v) is 4.29. The molecule has 0 aliphatic heterocycles. The SMILES string of the molecule is CCOc1cc(Cn2c(=O)[nH]c3c(Br)cccc32)ccc1OC. The van der Waals surface area contributed by atoms with Crippen LogP contribution in [0.2, 0.25) is 0 Å². The van der Waals surface area contributed by atoms with Gasteiger partial charge in [-0.05, 0) is 52.7 Å². The second-order valence-corrected chi connectivity index (χ2v) is 5.92. The summed E-state index contributed by atoms with van der Waals surface area (Å²) in [5, 5.41) is 0. The van der Waals surface area contributed by atoms with Gasteiger partial charge in [-0.25, -0.2) is 4.79 Å². The fraction of sp³-hybridized carbons (Fsp3) is 0.235. The van der Waals surface area contributed by atoms with Crippen molar-refractivity contribution in [1.29, 1.82) is 0 Å². The Kier molecular flexibility index (Phi) is 4.43. The number of nitrogens with one attached hydrogen (secondary N) is 1. The molecule has 3 rings (SSSR count). The Bertz CT molecular complexity index is 898. The second kappa shape index (κ2) is 6.50. The predicted molar refractivity (Wildman–Crippen MR) is 93.5 cm³/mol. The van der Waals surface area contributed by atoms with Crippen LogP contribution in [0.3, 0.4) is 0 Å². The molecule has 0 aliphatic carbocycles. The number of hydrogen-bond donors (Lipinski definition) is 1. The molecule has 0 fully saturated rings. The molecule has 5 nitrogen and oxygen atoms in total. The molecule has 3 aromatic rings. The topological polar surface area (TPSA) is 56.2 Å². The smallest absolute Gasteiger partial charge is 0.326 e. The van der Waals surface area contributed by atoms with E-state index in [1.165, 1.54) is 0 Å². The lowest BCUT2D eigenvalue weighted by atomic mass is 10.2. The number of imidazole rings is 1. The number of aromatic amines is 1. The Balaban J connectivity index is 2.02. The molecule has 1 heterocycles. The first-order valence-electron chi connectivity index (χ1n) is 7.30. The van der Waals surface area contributed by atoms with Crippen LogP contribution in [0.25, 0.3) is 11.0 Å². The van der Waals surface area contributed by atoms with Gasteiger partial charge in [0.15, 0.2) is 11.5 Å². The summed E-state index contributed by atoms with van der Waals surface area (Å²) in [7, 11) is 1.61. The molecule has 0 saturated carbocycles. The van der Waals surface area contributed by atoms with E-state index in [4.69, 9.17) is 9.47 Å². The van der Waals surface area contributed by atoms with Crippen molar-refractivity contribution >= 4 is 27.0 Å². The van der Waals surface area contributed by atoms with Crippen LogP contribution >= 0.6 is 15.9 Å². The number of aromatic nitrogens is 2. The molecule has 0 amide bonds. The third kappa shape index (κ3) is 2.99. The van der Waals surface area contributed by atoms with Gasteiger partial charge in [0.25, 0.3) is 0 Å². The fourth-order valence-corrected chi connectivity index (χ4v) is 3.03. The maximum Gasteiger partial charge on any atom is 0.326 e. The van der Waals surface area contributed by atoms with Gasteiger partial charge < -0.3 is 14.5 Å². The number of halogens is 1. The molecule has 0 radical (unpaired) electrons. The zero-order valence-electron chi connectivity index (χ0n) is 12.9. The van der Waals surface area contributed by atoms with Gasteiger partial charge in [-0.3, -0.25) is 4.57 Å². The van der Waals surface area contributed by atoms with Gasteiger partial charge in [-0.2, -0.15) is 0 Å². The molecule has 0 aliphatic rings. The van der Waals surface area contributed by atoms with E-state index in [2.05, 4.69) is 20.9 Å². The number of ether oxygens (including phenoxy) is 2. The highest BCUT2D eigenvalue weighted by molar-refractivity contribution is 9.10. The highest BCUT2D eigenvalue weighted by atomic mass is 79.9. The minimum atomic E-state index is -0.138. The van der Waals surface area contributed by atoms with Crippen LogP contribution in [0.1, 0.15) is 12.5 Å². The lowest BCUT2D eigenvalue weighted by molar-refractivity contribution is 0.310. The van der Waals surface area contributed by atoms with Gasteiger partial charge in [-0.15, -0.1) is 0 Å². The van der Waals surface area contributed by atoms with E-state index in [-0.39, 0.29) is 5.69 Å². The summed E-state index contributed by atoms with van der Waals surface area (Å²) < 4.78 is 13.5. The van der Waals surface area contributed by atoms with E-state index in [0.29, 0.717) is 24.7 Å². The van der Waals surface area contributed by atoms with E-state index < -0.39 is 0 Å². The maximum atomic E-state index is 12.3. The molecule has 0 atom stereocenters. The predicted octanol–water partition coefficient (Wildman–Crippen LogP) is 3.55. The summed E-state index contributed by atoms with van der Waals surface area (Å²) >= 11 is 3.46. The van der Waals surface area contributed by atoms with Gasteiger partial charge in [0.05, 0.1) is 31.3 Å². The molecule has 0 saturated heterocycles. The van der Waals surface area contributed by atoms with Gasteiger partial charge in [0, 0.05) is 4.47 Å². The molecule has 120 valence electrons. The van der Waals surface area contributed by atoms with Crippen molar-refractivity contribution in [1.82, 2.24) is 9.55 Å². The fourth-order valence-electron chi connectivity index (χ4n) is 2.57. The van der Waals surface area contributed by atoms with Crippen LogP contribution < -0.4 is 15.2 Å². The van der Waals surface area contributed by atoms with E-state index in [1.807, 2.05) is 43.3 Å². The summed E-state index contributed by atoms with van der Waals surface area (Å²) in [6.45, 7) is 2.94. The van der Waals surface area contributed by atoms with Gasteiger partial charge in [0.1, 0.15) is 0 Å². The van der Waals surface area contributed by atoms with E-state index in [9.17, 15) is 4.79 Å². The van der Waals surface area contributed by atoms with E-state index in [1.54, 1.807) is 11.7 Å². The van der Waals surface area contributed by atoms with Crippen molar-refractivity contribution < 1.29 is 9.47 Å². The van der Waals surface area contributed by atoms with Crippen LogP contribution in [0.5, 0.6) is 11.5 Å². The Labute approximate surface area is 142 Å². The number of fused-ring (bicyclic) bond motifs is 1. The first-order chi connectivity index (χ1) is 11.1. The monoisotopic (exact) mass is 376 g/mol. The number of para-hydroxylation sites is 1. The molecular weight excluding hydrogens is 360 g/mol. The molecule has 6 heteroatoms. The van der Waals surface area contributed by atoms with Crippen LogP contribution in [0.15, 0.2) is 45.7 Å². The average Bonchev–Trinajstić information content (AvgIpc) is 2.86. The minimum Gasteiger partial charge on any atom is -0.493 e. The molecule has 0 unspecified atom stereocenters. The molecule has 2 aromatic carbocycles. The lowest BCUT2D eigenvalue weighted by Crippen LogP contribution is -2.17. The molecule has 1 aromatic heterocycles.